The fourth-order valence-electron chi connectivity index (χ4n) is 2.14. The molecule has 11 heteroatoms. The smallest absolute Gasteiger partial charge is 0.416 e. The maximum absolute atomic E-state index is 12.5. The Hall–Kier alpha value is -3.27. The number of esters is 1. The molecular weight excluding hydrogens is 427 g/mol. The van der Waals surface area contributed by atoms with Crippen LogP contribution in [0.4, 0.5) is 23.7 Å². The van der Waals surface area contributed by atoms with E-state index in [1.807, 2.05) is 0 Å². The molecule has 0 atom stereocenters. The van der Waals surface area contributed by atoms with E-state index in [0.717, 1.165) is 29.8 Å². The van der Waals surface area contributed by atoms with E-state index in [2.05, 4.69) is 16.0 Å². The van der Waals surface area contributed by atoms with Gasteiger partial charge in [0.1, 0.15) is 6.54 Å². The van der Waals surface area contributed by atoms with Crippen molar-refractivity contribution in [2.24, 2.45) is 0 Å². The van der Waals surface area contributed by atoms with Gasteiger partial charge in [0.05, 0.1) is 5.56 Å². The van der Waals surface area contributed by atoms with Crippen molar-refractivity contribution in [1.82, 2.24) is 10.6 Å². The number of hydrogen-bond acceptors (Lipinski definition) is 4. The third-order valence-corrected chi connectivity index (χ3v) is 3.87. The molecule has 0 spiro atoms. The van der Waals surface area contributed by atoms with Gasteiger partial charge in [-0.2, -0.15) is 13.2 Å². The average Bonchev–Trinajstić information content (AvgIpc) is 2.70. The van der Waals surface area contributed by atoms with E-state index in [9.17, 15) is 27.6 Å². The van der Waals surface area contributed by atoms with Crippen LogP contribution in [-0.4, -0.2) is 31.1 Å². The summed E-state index contributed by atoms with van der Waals surface area (Å²) in [6.07, 6.45) is -4.48. The van der Waals surface area contributed by atoms with Gasteiger partial charge in [-0.3, -0.25) is 9.59 Å². The van der Waals surface area contributed by atoms with E-state index in [1.165, 1.54) is 0 Å². The van der Waals surface area contributed by atoms with Crippen LogP contribution in [0.15, 0.2) is 48.5 Å². The monoisotopic (exact) mass is 443 g/mol. The van der Waals surface area contributed by atoms with Crippen molar-refractivity contribution in [3.63, 3.8) is 0 Å². The van der Waals surface area contributed by atoms with Gasteiger partial charge in [-0.1, -0.05) is 23.7 Å². The minimum Gasteiger partial charge on any atom is -0.454 e. The number of nitrogens with one attached hydrogen (secondary N) is 3. The first-order chi connectivity index (χ1) is 14.1. The number of alkyl halides is 3. The van der Waals surface area contributed by atoms with Crippen molar-refractivity contribution < 1.29 is 32.3 Å². The molecule has 0 fully saturated rings. The van der Waals surface area contributed by atoms with Gasteiger partial charge >= 0.3 is 18.2 Å². The van der Waals surface area contributed by atoms with Crippen LogP contribution in [0.3, 0.4) is 0 Å². The van der Waals surface area contributed by atoms with Crippen molar-refractivity contribution in [3.8, 4) is 0 Å². The number of benzene rings is 2. The van der Waals surface area contributed by atoms with Crippen LogP contribution in [0.1, 0.15) is 11.1 Å². The van der Waals surface area contributed by atoms with Crippen LogP contribution in [0.2, 0.25) is 5.02 Å². The largest absolute Gasteiger partial charge is 0.454 e. The van der Waals surface area contributed by atoms with Crippen molar-refractivity contribution in [1.29, 1.82) is 0 Å². The number of halogens is 4. The summed E-state index contributed by atoms with van der Waals surface area (Å²) in [4.78, 5) is 34.9. The molecule has 3 amide bonds. The lowest BCUT2D eigenvalue weighted by Crippen LogP contribution is -2.39. The highest BCUT2D eigenvalue weighted by molar-refractivity contribution is 6.30. The number of carbonyl (C=O) groups is 3. The van der Waals surface area contributed by atoms with E-state index in [-0.39, 0.29) is 12.2 Å². The molecule has 0 heterocycles. The molecule has 160 valence electrons. The number of hydrogen-bond donors (Lipinski definition) is 3. The maximum Gasteiger partial charge on any atom is 0.416 e. The van der Waals surface area contributed by atoms with Crippen molar-refractivity contribution in [2.75, 3.05) is 18.5 Å². The minimum absolute atomic E-state index is 0.115. The topological polar surface area (TPSA) is 96.5 Å². The predicted octanol–water partition coefficient (Wildman–Crippen LogP) is 3.34. The number of rotatable bonds is 7. The van der Waals surface area contributed by atoms with Crippen LogP contribution in [-0.2, 0) is 27.0 Å². The molecule has 2 aromatic rings. The van der Waals surface area contributed by atoms with Crippen LogP contribution in [0.5, 0.6) is 0 Å². The third-order valence-electron chi connectivity index (χ3n) is 3.62. The van der Waals surface area contributed by atoms with Crippen molar-refractivity contribution >= 4 is 35.2 Å². The summed E-state index contributed by atoms with van der Waals surface area (Å²) in [6, 6.07) is 9.97. The Bertz CT molecular complexity index is 887. The molecule has 0 saturated heterocycles. The van der Waals surface area contributed by atoms with Crippen molar-refractivity contribution in [2.45, 2.75) is 12.7 Å². The predicted molar refractivity (Wildman–Crippen MR) is 103 cm³/mol. The molecule has 7 nitrogen and oxygen atoms in total. The first kappa shape index (κ1) is 23.0. The summed E-state index contributed by atoms with van der Waals surface area (Å²) < 4.78 is 42.2. The van der Waals surface area contributed by atoms with E-state index < -0.39 is 42.8 Å². The first-order valence-corrected chi connectivity index (χ1v) is 8.90. The Morgan fingerprint density at radius 3 is 2.17 bits per heavy atom. The van der Waals surface area contributed by atoms with E-state index in [4.69, 9.17) is 16.3 Å². The molecule has 0 unspecified atom stereocenters. The van der Waals surface area contributed by atoms with Crippen LogP contribution in [0.25, 0.3) is 0 Å². The standard InChI is InChI=1S/C19H17ClF3N3O4/c20-14-5-1-12(2-6-14)9-24-18(29)25-10-17(28)30-11-16(27)26-15-7-3-13(4-8-15)19(21,22)23/h1-8H,9-11H2,(H,26,27)(H2,24,25,29). The summed E-state index contributed by atoms with van der Waals surface area (Å²) >= 11 is 5.76. The van der Waals surface area contributed by atoms with Gasteiger partial charge in [-0.05, 0) is 42.0 Å². The molecule has 0 radical (unpaired) electrons. The van der Waals surface area contributed by atoms with Gasteiger partial charge < -0.3 is 20.7 Å². The van der Waals surface area contributed by atoms with E-state index in [0.29, 0.717) is 5.02 Å². The molecule has 0 saturated carbocycles. The number of amides is 3. The number of urea groups is 1. The Balaban J connectivity index is 1.65. The second-order valence-electron chi connectivity index (χ2n) is 5.95. The van der Waals surface area contributed by atoms with Crippen LogP contribution >= 0.6 is 11.6 Å². The lowest BCUT2D eigenvalue weighted by atomic mass is 10.2. The zero-order chi connectivity index (χ0) is 22.1. The molecule has 30 heavy (non-hydrogen) atoms. The molecule has 0 aliphatic carbocycles. The second kappa shape index (κ2) is 10.5. The Morgan fingerprint density at radius 2 is 1.57 bits per heavy atom. The Morgan fingerprint density at radius 1 is 0.933 bits per heavy atom. The molecule has 0 bridgehead atoms. The zero-order valence-electron chi connectivity index (χ0n) is 15.4. The van der Waals surface area contributed by atoms with Crippen LogP contribution < -0.4 is 16.0 Å². The molecule has 0 aliphatic heterocycles. The fraction of sp³-hybridized carbons (Fsp3) is 0.211. The third kappa shape index (κ3) is 8.00. The Labute approximate surface area is 174 Å². The van der Waals surface area contributed by atoms with Gasteiger partial charge in [0, 0.05) is 17.3 Å². The number of carbonyl (C=O) groups excluding carboxylic acids is 3. The molecule has 2 rings (SSSR count). The summed E-state index contributed by atoms with van der Waals surface area (Å²) in [5, 5.41) is 7.65. The lowest BCUT2D eigenvalue weighted by Gasteiger charge is -2.10. The first-order valence-electron chi connectivity index (χ1n) is 8.52. The lowest BCUT2D eigenvalue weighted by molar-refractivity contribution is -0.146. The molecule has 0 aliphatic rings. The SMILES string of the molecule is O=C(COC(=O)CNC(=O)NCc1ccc(Cl)cc1)Nc1ccc(C(F)(F)F)cc1. The summed E-state index contributed by atoms with van der Waals surface area (Å²) in [6.45, 7) is -0.915. The summed E-state index contributed by atoms with van der Waals surface area (Å²) in [5.74, 6) is -1.60. The maximum atomic E-state index is 12.5. The molecule has 2 aromatic carbocycles. The van der Waals surface area contributed by atoms with Crippen LogP contribution in [0, 0.1) is 0 Å². The van der Waals surface area contributed by atoms with E-state index in [1.54, 1.807) is 24.3 Å². The molecule has 3 N–H and O–H groups in total. The number of anilines is 1. The summed E-state index contributed by atoms with van der Waals surface area (Å²) in [7, 11) is 0. The number of ether oxygens (including phenoxy) is 1. The normalized spacial score (nSPS) is 10.8. The quantitative estimate of drug-likeness (QED) is 0.572. The van der Waals surface area contributed by atoms with Crippen molar-refractivity contribution in [3.05, 3.63) is 64.7 Å². The van der Waals surface area contributed by atoms with Gasteiger partial charge in [-0.25, -0.2) is 4.79 Å². The fourth-order valence-corrected chi connectivity index (χ4v) is 2.26. The van der Waals surface area contributed by atoms with E-state index >= 15 is 0 Å². The summed E-state index contributed by atoms with van der Waals surface area (Å²) in [5.41, 5.74) is 0.0631. The van der Waals surface area contributed by atoms with Gasteiger partial charge in [0.15, 0.2) is 6.61 Å². The zero-order valence-corrected chi connectivity index (χ0v) is 16.1. The molecular formula is C19H17ClF3N3O4. The second-order valence-corrected chi connectivity index (χ2v) is 6.38. The average molecular weight is 444 g/mol. The van der Waals surface area contributed by atoms with Gasteiger partial charge in [0.25, 0.3) is 5.91 Å². The highest BCUT2D eigenvalue weighted by Gasteiger charge is 2.30. The molecule has 0 aromatic heterocycles. The van der Waals surface area contributed by atoms with Gasteiger partial charge in [-0.15, -0.1) is 0 Å². The Kier molecular flexibility index (Phi) is 8.05. The highest BCUT2D eigenvalue weighted by Crippen LogP contribution is 2.29. The van der Waals surface area contributed by atoms with Gasteiger partial charge in [0.2, 0.25) is 0 Å². The highest BCUT2D eigenvalue weighted by atomic mass is 35.5. The minimum atomic E-state index is -4.48.